The predicted molar refractivity (Wildman–Crippen MR) is 107 cm³/mol. The highest BCUT2D eigenvalue weighted by Crippen LogP contribution is 2.15. The molecule has 0 aliphatic rings. The van der Waals surface area contributed by atoms with E-state index in [-0.39, 0.29) is 6.04 Å². The Labute approximate surface area is 154 Å². The zero-order valence-electron chi connectivity index (χ0n) is 16.2. The number of aromatic amines is 1. The Morgan fingerprint density at radius 2 is 2.08 bits per heavy atom. The number of rotatable bonds is 5. The molecule has 0 radical (unpaired) electrons. The van der Waals surface area contributed by atoms with Crippen molar-refractivity contribution >= 4 is 16.9 Å². The number of hydrogen-bond acceptors (Lipinski definition) is 2. The van der Waals surface area contributed by atoms with Crippen molar-refractivity contribution in [2.75, 3.05) is 7.05 Å². The minimum atomic E-state index is 0.255. The van der Waals surface area contributed by atoms with Crippen LogP contribution in [0.1, 0.15) is 29.6 Å². The zero-order valence-corrected chi connectivity index (χ0v) is 16.2. The van der Waals surface area contributed by atoms with Gasteiger partial charge >= 0.3 is 0 Å². The Morgan fingerprint density at radius 1 is 1.31 bits per heavy atom. The fourth-order valence-electron chi connectivity index (χ4n) is 3.31. The number of para-hydroxylation sites is 1. The molecule has 6 nitrogen and oxygen atoms in total. The van der Waals surface area contributed by atoms with Crippen LogP contribution < -0.4 is 10.6 Å². The number of benzene rings is 1. The van der Waals surface area contributed by atoms with Crippen LogP contribution in [0.2, 0.25) is 0 Å². The molecule has 3 rings (SSSR count). The highest BCUT2D eigenvalue weighted by molar-refractivity contribution is 5.81. The van der Waals surface area contributed by atoms with Crippen molar-refractivity contribution in [1.29, 1.82) is 0 Å². The quantitative estimate of drug-likeness (QED) is 0.488. The third-order valence-corrected chi connectivity index (χ3v) is 4.81. The first-order valence-electron chi connectivity index (χ1n) is 9.00. The molecule has 138 valence electrons. The maximum Gasteiger partial charge on any atom is 0.191 e. The van der Waals surface area contributed by atoms with E-state index in [0.29, 0.717) is 6.54 Å². The molecule has 0 saturated heterocycles. The van der Waals surface area contributed by atoms with Crippen molar-refractivity contribution in [1.82, 2.24) is 25.4 Å². The van der Waals surface area contributed by atoms with Gasteiger partial charge in [0, 0.05) is 37.0 Å². The molecule has 1 unspecified atom stereocenters. The number of nitrogens with one attached hydrogen (secondary N) is 3. The van der Waals surface area contributed by atoms with Crippen LogP contribution in [0.5, 0.6) is 0 Å². The first-order chi connectivity index (χ1) is 12.5. The maximum absolute atomic E-state index is 4.50. The molecule has 0 amide bonds. The van der Waals surface area contributed by atoms with Crippen LogP contribution >= 0.6 is 0 Å². The van der Waals surface area contributed by atoms with Gasteiger partial charge in [-0.15, -0.1) is 0 Å². The normalized spacial score (nSPS) is 13.2. The number of aromatic nitrogens is 3. The van der Waals surface area contributed by atoms with E-state index in [9.17, 15) is 0 Å². The van der Waals surface area contributed by atoms with Crippen LogP contribution in [0.15, 0.2) is 35.3 Å². The summed E-state index contributed by atoms with van der Waals surface area (Å²) >= 11 is 0. The summed E-state index contributed by atoms with van der Waals surface area (Å²) in [6.45, 7) is 7.05. The van der Waals surface area contributed by atoms with Gasteiger partial charge in [-0.3, -0.25) is 9.67 Å². The fraction of sp³-hybridized carbons (Fsp3) is 0.400. The van der Waals surface area contributed by atoms with Crippen molar-refractivity contribution in [3.63, 3.8) is 0 Å². The lowest BCUT2D eigenvalue weighted by molar-refractivity contribution is 0.634. The van der Waals surface area contributed by atoms with Crippen LogP contribution in [0.4, 0.5) is 0 Å². The number of nitrogens with zero attached hydrogens (tertiary/aromatic N) is 3. The summed E-state index contributed by atoms with van der Waals surface area (Å²) < 4.78 is 1.94. The molecule has 6 heteroatoms. The number of hydrogen-bond donors (Lipinski definition) is 3. The van der Waals surface area contributed by atoms with E-state index in [1.165, 1.54) is 16.6 Å². The summed E-state index contributed by atoms with van der Waals surface area (Å²) in [6, 6.07) is 10.7. The van der Waals surface area contributed by atoms with Crippen LogP contribution in [0, 0.1) is 13.8 Å². The van der Waals surface area contributed by atoms with Crippen molar-refractivity contribution in [2.45, 2.75) is 39.8 Å². The number of aryl methyl sites for hydroxylation is 2. The second-order valence-corrected chi connectivity index (χ2v) is 6.83. The number of fused-ring (bicyclic) bond motifs is 1. The highest BCUT2D eigenvalue weighted by Gasteiger charge is 2.14. The number of guanidine groups is 1. The standard InChI is InChI=1S/C20H28N6/c1-13(10-18-14(2)25-26(5)15(18)3)23-20(21-4)22-12-17-11-16-8-6-7-9-19(16)24-17/h6-9,11,13,24H,10,12H2,1-5H3,(H2,21,22,23). The second kappa shape index (κ2) is 7.64. The number of H-pyrrole nitrogens is 1. The summed E-state index contributed by atoms with van der Waals surface area (Å²) in [7, 11) is 3.79. The lowest BCUT2D eigenvalue weighted by atomic mass is 10.1. The van der Waals surface area contributed by atoms with E-state index in [1.807, 2.05) is 17.8 Å². The summed E-state index contributed by atoms with van der Waals surface area (Å²) in [4.78, 5) is 7.78. The Morgan fingerprint density at radius 3 is 2.73 bits per heavy atom. The minimum absolute atomic E-state index is 0.255. The van der Waals surface area contributed by atoms with E-state index in [4.69, 9.17) is 0 Å². The largest absolute Gasteiger partial charge is 0.357 e. The smallest absolute Gasteiger partial charge is 0.191 e. The average molecular weight is 352 g/mol. The van der Waals surface area contributed by atoms with Gasteiger partial charge in [-0.25, -0.2) is 0 Å². The van der Waals surface area contributed by atoms with Crippen molar-refractivity contribution in [2.24, 2.45) is 12.0 Å². The first kappa shape index (κ1) is 18.0. The average Bonchev–Trinajstić information content (AvgIpc) is 3.14. The molecule has 0 aliphatic heterocycles. The highest BCUT2D eigenvalue weighted by atomic mass is 15.3. The summed E-state index contributed by atoms with van der Waals surface area (Å²) in [6.07, 6.45) is 0.915. The minimum Gasteiger partial charge on any atom is -0.357 e. The van der Waals surface area contributed by atoms with E-state index in [0.717, 1.165) is 29.3 Å². The van der Waals surface area contributed by atoms with Gasteiger partial charge in [-0.1, -0.05) is 18.2 Å². The maximum atomic E-state index is 4.50. The van der Waals surface area contributed by atoms with Crippen LogP contribution in [0.3, 0.4) is 0 Å². The molecule has 1 atom stereocenters. The first-order valence-corrected chi connectivity index (χ1v) is 9.00. The van der Waals surface area contributed by atoms with Gasteiger partial charge < -0.3 is 15.6 Å². The van der Waals surface area contributed by atoms with Gasteiger partial charge in [-0.05, 0) is 50.3 Å². The molecule has 2 heterocycles. The van der Waals surface area contributed by atoms with Crippen LogP contribution in [-0.4, -0.2) is 33.8 Å². The van der Waals surface area contributed by atoms with Gasteiger partial charge in [0.15, 0.2) is 5.96 Å². The molecule has 0 fully saturated rings. The lowest BCUT2D eigenvalue weighted by Crippen LogP contribution is -2.42. The number of aliphatic imine (C=N–C) groups is 1. The molecule has 1 aromatic carbocycles. The van der Waals surface area contributed by atoms with Crippen molar-refractivity contribution in [3.05, 3.63) is 53.0 Å². The predicted octanol–water partition coefficient (Wildman–Crippen LogP) is 2.81. The summed E-state index contributed by atoms with van der Waals surface area (Å²) in [5.41, 5.74) is 5.92. The van der Waals surface area contributed by atoms with Crippen LogP contribution in [0.25, 0.3) is 10.9 Å². The lowest BCUT2D eigenvalue weighted by Gasteiger charge is -2.18. The fourth-order valence-corrected chi connectivity index (χ4v) is 3.31. The molecule has 0 spiro atoms. The second-order valence-electron chi connectivity index (χ2n) is 6.83. The molecule has 0 saturated carbocycles. The van der Waals surface area contributed by atoms with E-state index in [1.54, 1.807) is 7.05 Å². The molecular weight excluding hydrogens is 324 g/mol. The van der Waals surface area contributed by atoms with E-state index in [2.05, 4.69) is 70.7 Å². The monoisotopic (exact) mass is 352 g/mol. The van der Waals surface area contributed by atoms with Crippen molar-refractivity contribution in [3.8, 4) is 0 Å². The molecule has 0 aliphatic carbocycles. The molecule has 3 aromatic rings. The molecule has 2 aromatic heterocycles. The van der Waals surface area contributed by atoms with Gasteiger partial charge in [0.25, 0.3) is 0 Å². The zero-order chi connectivity index (χ0) is 18.7. The van der Waals surface area contributed by atoms with E-state index < -0.39 is 0 Å². The Hall–Kier alpha value is -2.76. The van der Waals surface area contributed by atoms with Crippen molar-refractivity contribution < 1.29 is 0 Å². The molecule has 26 heavy (non-hydrogen) atoms. The SMILES string of the molecule is CN=C(NCc1cc2ccccc2[nH]1)NC(C)Cc1c(C)nn(C)c1C. The molecule has 3 N–H and O–H groups in total. The third kappa shape index (κ3) is 3.90. The third-order valence-electron chi connectivity index (χ3n) is 4.81. The Balaban J connectivity index is 1.58. The van der Waals surface area contributed by atoms with Crippen LogP contribution in [-0.2, 0) is 20.0 Å². The molecular formula is C20H28N6. The Bertz CT molecular complexity index is 885. The van der Waals surface area contributed by atoms with E-state index >= 15 is 0 Å². The summed E-state index contributed by atoms with van der Waals surface area (Å²) in [5.74, 6) is 0.801. The van der Waals surface area contributed by atoms with Gasteiger partial charge in [0.1, 0.15) is 0 Å². The van der Waals surface area contributed by atoms with Gasteiger partial charge in [0.05, 0.1) is 12.2 Å². The van der Waals surface area contributed by atoms with Gasteiger partial charge in [-0.2, -0.15) is 5.10 Å². The topological polar surface area (TPSA) is 70.0 Å². The summed E-state index contributed by atoms with van der Waals surface area (Å²) in [5, 5.41) is 12.6. The Kier molecular flexibility index (Phi) is 5.30. The molecule has 0 bridgehead atoms. The van der Waals surface area contributed by atoms with Gasteiger partial charge in [0.2, 0.25) is 0 Å².